The second-order valence-corrected chi connectivity index (χ2v) is 6.52. The molecule has 1 saturated heterocycles. The first-order chi connectivity index (χ1) is 12.6. The lowest BCUT2D eigenvalue weighted by Gasteiger charge is -2.36. The Kier molecular flexibility index (Phi) is 4.28. The standard InChI is InChI=1S/C19H21FN6/c1-14-11-15(2)26(23-14)19-13-21-12-18(22-19)25-9-7-24(8-10-25)17-5-3-16(20)4-6-17/h3-6,11-13H,7-10H2,1-2H3. The molecule has 7 heteroatoms. The highest BCUT2D eigenvalue weighted by Gasteiger charge is 2.19. The van der Waals surface area contributed by atoms with E-state index in [0.29, 0.717) is 0 Å². The molecule has 3 heterocycles. The van der Waals surface area contributed by atoms with Gasteiger partial charge in [-0.15, -0.1) is 0 Å². The predicted molar refractivity (Wildman–Crippen MR) is 99.5 cm³/mol. The van der Waals surface area contributed by atoms with Gasteiger partial charge in [0.1, 0.15) is 11.6 Å². The summed E-state index contributed by atoms with van der Waals surface area (Å²) in [6, 6.07) is 8.69. The highest BCUT2D eigenvalue weighted by atomic mass is 19.1. The smallest absolute Gasteiger partial charge is 0.174 e. The molecule has 1 aromatic carbocycles. The average Bonchev–Trinajstić information content (AvgIpc) is 3.01. The molecule has 4 rings (SSSR count). The van der Waals surface area contributed by atoms with E-state index in [1.54, 1.807) is 12.4 Å². The zero-order valence-electron chi connectivity index (χ0n) is 14.9. The Labute approximate surface area is 151 Å². The molecule has 0 bridgehead atoms. The highest BCUT2D eigenvalue weighted by Crippen LogP contribution is 2.20. The highest BCUT2D eigenvalue weighted by molar-refractivity contribution is 5.49. The van der Waals surface area contributed by atoms with E-state index in [1.165, 1.54) is 12.1 Å². The number of aryl methyl sites for hydroxylation is 2. The first-order valence-corrected chi connectivity index (χ1v) is 8.71. The molecule has 2 aromatic heterocycles. The van der Waals surface area contributed by atoms with Crippen molar-refractivity contribution in [2.24, 2.45) is 0 Å². The largest absolute Gasteiger partial charge is 0.368 e. The molecular formula is C19H21FN6. The number of piperazine rings is 1. The molecule has 0 N–H and O–H groups in total. The number of hydrogen-bond acceptors (Lipinski definition) is 5. The molecule has 3 aromatic rings. The lowest BCUT2D eigenvalue weighted by molar-refractivity contribution is 0.624. The van der Waals surface area contributed by atoms with E-state index >= 15 is 0 Å². The van der Waals surface area contributed by atoms with E-state index in [4.69, 9.17) is 4.98 Å². The van der Waals surface area contributed by atoms with Gasteiger partial charge in [0.15, 0.2) is 5.82 Å². The number of anilines is 2. The van der Waals surface area contributed by atoms with Gasteiger partial charge >= 0.3 is 0 Å². The van der Waals surface area contributed by atoms with Crippen molar-refractivity contribution in [3.63, 3.8) is 0 Å². The zero-order chi connectivity index (χ0) is 18.1. The summed E-state index contributed by atoms with van der Waals surface area (Å²) < 4.78 is 14.9. The van der Waals surface area contributed by atoms with Crippen LogP contribution in [0.2, 0.25) is 0 Å². The van der Waals surface area contributed by atoms with E-state index in [-0.39, 0.29) is 5.82 Å². The molecule has 26 heavy (non-hydrogen) atoms. The Hall–Kier alpha value is -2.96. The van der Waals surface area contributed by atoms with Gasteiger partial charge in [-0.25, -0.2) is 14.1 Å². The van der Waals surface area contributed by atoms with Crippen molar-refractivity contribution in [3.05, 3.63) is 59.9 Å². The SMILES string of the molecule is Cc1cc(C)n(-c2cncc(N3CCN(c4ccc(F)cc4)CC3)n2)n1. The van der Waals surface area contributed by atoms with E-state index < -0.39 is 0 Å². The summed E-state index contributed by atoms with van der Waals surface area (Å²) in [4.78, 5) is 13.6. The fraction of sp³-hybridized carbons (Fsp3) is 0.316. The van der Waals surface area contributed by atoms with Crippen LogP contribution in [0, 0.1) is 19.7 Å². The topological polar surface area (TPSA) is 50.1 Å². The van der Waals surface area contributed by atoms with E-state index in [9.17, 15) is 4.39 Å². The quantitative estimate of drug-likeness (QED) is 0.725. The first-order valence-electron chi connectivity index (χ1n) is 8.71. The monoisotopic (exact) mass is 352 g/mol. The van der Waals surface area contributed by atoms with Gasteiger partial charge in [-0.2, -0.15) is 5.10 Å². The van der Waals surface area contributed by atoms with Crippen molar-refractivity contribution in [1.29, 1.82) is 0 Å². The van der Waals surface area contributed by atoms with Crippen molar-refractivity contribution in [2.45, 2.75) is 13.8 Å². The summed E-state index contributed by atoms with van der Waals surface area (Å²) in [5.41, 5.74) is 3.05. The minimum atomic E-state index is -0.205. The lowest BCUT2D eigenvalue weighted by atomic mass is 10.2. The van der Waals surface area contributed by atoms with Crippen molar-refractivity contribution < 1.29 is 4.39 Å². The molecule has 1 aliphatic heterocycles. The molecular weight excluding hydrogens is 331 g/mol. The molecule has 0 atom stereocenters. The van der Waals surface area contributed by atoms with E-state index in [0.717, 1.165) is 54.9 Å². The summed E-state index contributed by atoms with van der Waals surface area (Å²) in [6.07, 6.45) is 3.53. The van der Waals surface area contributed by atoms with Crippen LogP contribution in [0.15, 0.2) is 42.7 Å². The Bertz CT molecular complexity index is 897. The summed E-state index contributed by atoms with van der Waals surface area (Å²) in [6.45, 7) is 7.37. The second kappa shape index (κ2) is 6.74. The molecule has 0 aliphatic carbocycles. The summed E-state index contributed by atoms with van der Waals surface area (Å²) in [5, 5.41) is 4.48. The van der Waals surface area contributed by atoms with Crippen LogP contribution in [0.3, 0.4) is 0 Å². The molecule has 0 saturated carbocycles. The van der Waals surface area contributed by atoms with Crippen LogP contribution in [0.4, 0.5) is 15.9 Å². The molecule has 1 aliphatic rings. The zero-order valence-corrected chi connectivity index (χ0v) is 14.9. The van der Waals surface area contributed by atoms with Gasteiger partial charge in [-0.1, -0.05) is 0 Å². The minimum absolute atomic E-state index is 0.205. The predicted octanol–water partition coefficient (Wildman–Crippen LogP) is 2.74. The van der Waals surface area contributed by atoms with Crippen LogP contribution >= 0.6 is 0 Å². The third-order valence-electron chi connectivity index (χ3n) is 4.63. The number of hydrogen-bond donors (Lipinski definition) is 0. The number of rotatable bonds is 3. The fourth-order valence-corrected chi connectivity index (χ4v) is 3.31. The van der Waals surface area contributed by atoms with Gasteiger partial charge in [0.25, 0.3) is 0 Å². The van der Waals surface area contributed by atoms with Crippen LogP contribution in [-0.2, 0) is 0 Å². The molecule has 134 valence electrons. The number of nitrogens with zero attached hydrogens (tertiary/aromatic N) is 6. The molecule has 0 radical (unpaired) electrons. The average molecular weight is 352 g/mol. The Morgan fingerprint density at radius 3 is 2.19 bits per heavy atom. The summed E-state index contributed by atoms with van der Waals surface area (Å²) in [5.74, 6) is 1.38. The molecule has 0 spiro atoms. The van der Waals surface area contributed by atoms with E-state index in [2.05, 4.69) is 19.9 Å². The number of benzene rings is 1. The summed E-state index contributed by atoms with van der Waals surface area (Å²) >= 11 is 0. The summed E-state index contributed by atoms with van der Waals surface area (Å²) in [7, 11) is 0. The third kappa shape index (κ3) is 3.24. The Morgan fingerprint density at radius 2 is 1.54 bits per heavy atom. The van der Waals surface area contributed by atoms with Gasteiger partial charge in [0.2, 0.25) is 0 Å². The molecule has 1 fully saturated rings. The van der Waals surface area contributed by atoms with Crippen molar-refractivity contribution in [3.8, 4) is 5.82 Å². The van der Waals surface area contributed by atoms with Crippen molar-refractivity contribution in [1.82, 2.24) is 19.7 Å². The van der Waals surface area contributed by atoms with E-state index in [1.807, 2.05) is 36.7 Å². The number of aromatic nitrogens is 4. The van der Waals surface area contributed by atoms with Crippen molar-refractivity contribution >= 4 is 11.5 Å². The number of halogens is 1. The fourth-order valence-electron chi connectivity index (χ4n) is 3.31. The lowest BCUT2D eigenvalue weighted by Crippen LogP contribution is -2.46. The normalized spacial score (nSPS) is 14.7. The first kappa shape index (κ1) is 16.5. The second-order valence-electron chi connectivity index (χ2n) is 6.52. The molecule has 0 amide bonds. The maximum absolute atomic E-state index is 13.1. The van der Waals surface area contributed by atoms with Crippen molar-refractivity contribution in [2.75, 3.05) is 36.0 Å². The van der Waals surface area contributed by atoms with Crippen LogP contribution in [0.25, 0.3) is 5.82 Å². The van der Waals surface area contributed by atoms with Gasteiger partial charge in [0.05, 0.1) is 18.1 Å². The molecule has 0 unspecified atom stereocenters. The van der Waals surface area contributed by atoms with Gasteiger partial charge in [-0.05, 0) is 44.2 Å². The molecule has 6 nitrogen and oxygen atoms in total. The van der Waals surface area contributed by atoms with Gasteiger partial charge in [-0.3, -0.25) is 4.98 Å². The van der Waals surface area contributed by atoms with Crippen LogP contribution < -0.4 is 9.80 Å². The third-order valence-corrected chi connectivity index (χ3v) is 4.63. The maximum Gasteiger partial charge on any atom is 0.174 e. The Balaban J connectivity index is 1.48. The maximum atomic E-state index is 13.1. The van der Waals surface area contributed by atoms with Gasteiger partial charge in [0, 0.05) is 37.6 Å². The van der Waals surface area contributed by atoms with Crippen LogP contribution in [-0.4, -0.2) is 45.9 Å². The van der Waals surface area contributed by atoms with Crippen LogP contribution in [0.5, 0.6) is 0 Å². The van der Waals surface area contributed by atoms with Crippen LogP contribution in [0.1, 0.15) is 11.4 Å². The van der Waals surface area contributed by atoms with Gasteiger partial charge < -0.3 is 9.80 Å². The Morgan fingerprint density at radius 1 is 0.885 bits per heavy atom. The minimum Gasteiger partial charge on any atom is -0.368 e.